The molecule has 84 valence electrons. The number of hydrogen-bond acceptors (Lipinski definition) is 4. The Kier molecular flexibility index (Phi) is 2.72. The van der Waals surface area contributed by atoms with Crippen molar-refractivity contribution < 1.29 is 19.4 Å². The van der Waals surface area contributed by atoms with Crippen LogP contribution in [0.5, 0.6) is 5.75 Å². The number of carboxylic acids is 1. The first-order chi connectivity index (χ1) is 7.68. The summed E-state index contributed by atoms with van der Waals surface area (Å²) in [6, 6.07) is 3.40. The molecule has 1 amide bonds. The number of hydrogen-bond donors (Lipinski definition) is 1. The van der Waals surface area contributed by atoms with E-state index < -0.39 is 5.97 Å². The second-order valence-electron chi connectivity index (χ2n) is 3.30. The van der Waals surface area contributed by atoms with Crippen LogP contribution in [0, 0.1) is 0 Å². The van der Waals surface area contributed by atoms with Gasteiger partial charge in [0.2, 0.25) is 0 Å². The van der Waals surface area contributed by atoms with E-state index in [1.54, 1.807) is 12.1 Å². The molecular formula is C10H10N2O4. The lowest BCUT2D eigenvalue weighted by molar-refractivity contribution is -0.136. The molecule has 6 heteroatoms. The van der Waals surface area contributed by atoms with Crippen LogP contribution < -0.4 is 9.64 Å². The lowest BCUT2D eigenvalue weighted by atomic mass is 10.3. The number of anilines is 1. The van der Waals surface area contributed by atoms with Gasteiger partial charge >= 0.3 is 5.97 Å². The lowest BCUT2D eigenvalue weighted by Gasteiger charge is -2.27. The number of amides is 1. The van der Waals surface area contributed by atoms with Crippen LogP contribution in [0.2, 0.25) is 0 Å². The molecule has 1 N–H and O–H groups in total. The van der Waals surface area contributed by atoms with Gasteiger partial charge in [-0.15, -0.1) is 0 Å². The van der Waals surface area contributed by atoms with Crippen molar-refractivity contribution in [1.82, 2.24) is 4.98 Å². The summed E-state index contributed by atoms with van der Waals surface area (Å²) in [7, 11) is 0. The van der Waals surface area contributed by atoms with Crippen molar-refractivity contribution in [3.63, 3.8) is 0 Å². The van der Waals surface area contributed by atoms with Crippen molar-refractivity contribution in [2.45, 2.75) is 6.42 Å². The highest BCUT2D eigenvalue weighted by Gasteiger charge is 2.26. The number of aromatic nitrogens is 1. The van der Waals surface area contributed by atoms with Crippen molar-refractivity contribution in [3.05, 3.63) is 18.3 Å². The maximum atomic E-state index is 11.5. The SMILES string of the molecule is O=C(O)CCN1C(=O)COc2cccnc21. The van der Waals surface area contributed by atoms with Crippen molar-refractivity contribution in [3.8, 4) is 5.75 Å². The van der Waals surface area contributed by atoms with E-state index in [1.807, 2.05) is 0 Å². The number of carbonyl (C=O) groups is 2. The first-order valence-electron chi connectivity index (χ1n) is 4.78. The fraction of sp³-hybridized carbons (Fsp3) is 0.300. The molecule has 16 heavy (non-hydrogen) atoms. The van der Waals surface area contributed by atoms with Crippen molar-refractivity contribution in [2.75, 3.05) is 18.1 Å². The molecular weight excluding hydrogens is 212 g/mol. The molecule has 0 radical (unpaired) electrons. The summed E-state index contributed by atoms with van der Waals surface area (Å²) in [6.07, 6.45) is 1.43. The molecule has 0 aliphatic carbocycles. The van der Waals surface area contributed by atoms with Gasteiger partial charge in [0.15, 0.2) is 18.2 Å². The Morgan fingerprint density at radius 1 is 1.62 bits per heavy atom. The highest BCUT2D eigenvalue weighted by molar-refractivity contribution is 5.96. The highest BCUT2D eigenvalue weighted by atomic mass is 16.5. The van der Waals surface area contributed by atoms with Gasteiger partial charge in [-0.2, -0.15) is 0 Å². The van der Waals surface area contributed by atoms with Crippen LogP contribution in [0.4, 0.5) is 5.82 Å². The first-order valence-corrected chi connectivity index (χ1v) is 4.78. The topological polar surface area (TPSA) is 79.7 Å². The van der Waals surface area contributed by atoms with Gasteiger partial charge in [-0.1, -0.05) is 0 Å². The highest BCUT2D eigenvalue weighted by Crippen LogP contribution is 2.28. The average molecular weight is 222 g/mol. The molecule has 0 saturated heterocycles. The maximum Gasteiger partial charge on any atom is 0.305 e. The van der Waals surface area contributed by atoms with E-state index in [0.29, 0.717) is 11.6 Å². The zero-order chi connectivity index (χ0) is 11.5. The second-order valence-corrected chi connectivity index (χ2v) is 3.30. The minimum Gasteiger partial charge on any atom is -0.481 e. The van der Waals surface area contributed by atoms with Crippen LogP contribution in [-0.4, -0.2) is 35.1 Å². The van der Waals surface area contributed by atoms with E-state index in [9.17, 15) is 9.59 Å². The van der Waals surface area contributed by atoms with Crippen LogP contribution in [0.3, 0.4) is 0 Å². The van der Waals surface area contributed by atoms with Crippen molar-refractivity contribution in [1.29, 1.82) is 0 Å². The number of nitrogens with zero attached hydrogens (tertiary/aromatic N) is 2. The number of ether oxygens (including phenoxy) is 1. The normalized spacial score (nSPS) is 14.2. The smallest absolute Gasteiger partial charge is 0.305 e. The summed E-state index contributed by atoms with van der Waals surface area (Å²) in [4.78, 5) is 27.4. The monoisotopic (exact) mass is 222 g/mol. The molecule has 1 aliphatic heterocycles. The van der Waals surface area contributed by atoms with Gasteiger partial charge in [-0.3, -0.25) is 14.5 Å². The lowest BCUT2D eigenvalue weighted by Crippen LogP contribution is -2.40. The number of aliphatic carboxylic acids is 1. The molecule has 0 atom stereocenters. The summed E-state index contributed by atoms with van der Waals surface area (Å²) in [6.45, 7) is 0.0415. The molecule has 6 nitrogen and oxygen atoms in total. The minimum atomic E-state index is -0.947. The quantitative estimate of drug-likeness (QED) is 0.794. The summed E-state index contributed by atoms with van der Waals surface area (Å²) in [5.41, 5.74) is 0. The molecule has 2 rings (SSSR count). The summed E-state index contributed by atoms with van der Waals surface area (Å²) < 4.78 is 5.17. The van der Waals surface area contributed by atoms with Crippen LogP contribution >= 0.6 is 0 Å². The third kappa shape index (κ3) is 1.95. The van der Waals surface area contributed by atoms with Gasteiger partial charge in [-0.25, -0.2) is 4.98 Å². The number of fused-ring (bicyclic) bond motifs is 1. The fourth-order valence-corrected chi connectivity index (χ4v) is 1.47. The van der Waals surface area contributed by atoms with Gasteiger partial charge < -0.3 is 9.84 Å². The molecule has 1 aliphatic rings. The second kappa shape index (κ2) is 4.18. The Hall–Kier alpha value is -2.11. The molecule has 0 saturated carbocycles. The van der Waals surface area contributed by atoms with Gasteiger partial charge in [0, 0.05) is 12.7 Å². The molecule has 0 aromatic carbocycles. The molecule has 0 spiro atoms. The Bertz CT molecular complexity index is 433. The van der Waals surface area contributed by atoms with Gasteiger partial charge in [-0.05, 0) is 12.1 Å². The third-order valence-electron chi connectivity index (χ3n) is 2.21. The predicted molar refractivity (Wildman–Crippen MR) is 54.3 cm³/mol. The van der Waals surface area contributed by atoms with Crippen LogP contribution in [0.15, 0.2) is 18.3 Å². The Morgan fingerprint density at radius 3 is 3.19 bits per heavy atom. The summed E-state index contributed by atoms with van der Waals surface area (Å²) >= 11 is 0. The van der Waals surface area contributed by atoms with Crippen LogP contribution in [-0.2, 0) is 9.59 Å². The number of pyridine rings is 1. The minimum absolute atomic E-state index is 0.0711. The largest absolute Gasteiger partial charge is 0.481 e. The standard InChI is InChI=1S/C10H10N2O4/c13-8-6-16-7-2-1-4-11-10(7)12(8)5-3-9(14)15/h1-2,4H,3,5-6H2,(H,14,15). The number of carboxylic acid groups (broad SMARTS) is 1. The van der Waals surface area contributed by atoms with Crippen molar-refractivity contribution in [2.24, 2.45) is 0 Å². The number of rotatable bonds is 3. The fourth-order valence-electron chi connectivity index (χ4n) is 1.47. The Balaban J connectivity index is 2.23. The molecule has 1 aromatic rings. The first kappa shape index (κ1) is 10.4. The van der Waals surface area contributed by atoms with Gasteiger partial charge in [0.1, 0.15) is 0 Å². The van der Waals surface area contributed by atoms with E-state index in [2.05, 4.69) is 4.98 Å². The Labute approximate surface area is 91.5 Å². The number of carbonyl (C=O) groups excluding carboxylic acids is 1. The van der Waals surface area contributed by atoms with E-state index >= 15 is 0 Å². The zero-order valence-corrected chi connectivity index (χ0v) is 8.42. The van der Waals surface area contributed by atoms with E-state index in [4.69, 9.17) is 9.84 Å². The van der Waals surface area contributed by atoms with Gasteiger partial charge in [0.05, 0.1) is 6.42 Å². The van der Waals surface area contributed by atoms with Crippen molar-refractivity contribution >= 4 is 17.7 Å². The molecule has 0 bridgehead atoms. The molecule has 1 aromatic heterocycles. The third-order valence-corrected chi connectivity index (χ3v) is 2.21. The zero-order valence-electron chi connectivity index (χ0n) is 8.42. The molecule has 0 unspecified atom stereocenters. The van der Waals surface area contributed by atoms with Crippen LogP contribution in [0.25, 0.3) is 0 Å². The van der Waals surface area contributed by atoms with E-state index in [1.165, 1.54) is 11.1 Å². The molecule has 2 heterocycles. The molecule has 0 fully saturated rings. The average Bonchev–Trinajstić information content (AvgIpc) is 2.27. The predicted octanol–water partition coefficient (Wildman–Crippen LogP) is 0.282. The summed E-state index contributed by atoms with van der Waals surface area (Å²) in [5.74, 6) is -0.322. The van der Waals surface area contributed by atoms with E-state index in [0.717, 1.165) is 0 Å². The maximum absolute atomic E-state index is 11.5. The summed E-state index contributed by atoms with van der Waals surface area (Å²) in [5, 5.41) is 8.59. The van der Waals surface area contributed by atoms with E-state index in [-0.39, 0.29) is 25.5 Å². The Morgan fingerprint density at radius 2 is 2.44 bits per heavy atom. The van der Waals surface area contributed by atoms with Gasteiger partial charge in [0.25, 0.3) is 5.91 Å². The van der Waals surface area contributed by atoms with Crippen LogP contribution in [0.1, 0.15) is 6.42 Å².